The SMILES string of the molecule is COc1c(C)cc2c(c1O)[C@H]1C3CC4(O)C(=O)C(C)=C5OCOC5=C4[C@H](COC(=O)CCSCC4c5ccccc5-c5ccccc54)N3[C@@H](C)[C@H]3C[C@H]2N31. The van der Waals surface area contributed by atoms with Crippen molar-refractivity contribution >= 4 is 23.5 Å². The number of aliphatic hydroxyl groups is 1. The minimum Gasteiger partial charge on any atom is -0.504 e. The van der Waals surface area contributed by atoms with Crippen LogP contribution in [0.1, 0.15) is 78.9 Å². The molecule has 2 unspecified atom stereocenters. The molecule has 3 aromatic rings. The summed E-state index contributed by atoms with van der Waals surface area (Å²) in [5.74, 6) is 2.23. The first-order valence-corrected chi connectivity index (χ1v) is 20.1. The first-order chi connectivity index (χ1) is 26.1. The topological polar surface area (TPSA) is 118 Å². The molecule has 10 rings (SSSR count). The van der Waals surface area contributed by atoms with E-state index >= 15 is 0 Å². The van der Waals surface area contributed by atoms with Gasteiger partial charge in [-0.25, -0.2) is 0 Å². The van der Waals surface area contributed by atoms with Crippen molar-refractivity contribution < 1.29 is 38.7 Å². The molecule has 0 spiro atoms. The number of carbonyl (C=O) groups excluding carboxylic acids is 2. The molecule has 11 heteroatoms. The highest BCUT2D eigenvalue weighted by Gasteiger charge is 2.67. The van der Waals surface area contributed by atoms with E-state index in [2.05, 4.69) is 71.3 Å². The second-order valence-corrected chi connectivity index (χ2v) is 16.9. The molecule has 54 heavy (non-hydrogen) atoms. The molecule has 5 aliphatic heterocycles. The standard InChI is InChI=1S/C43H44N2O8S/c1-21-15-28-31-16-30-23(3)44-32(37(45(30)31)35(28)38(47)39(21)50-4)17-43(49)36(41-40(52-20-53-41)22(2)42(43)48)33(44)18-51-34(46)13-14-54-19-29-26-11-7-5-9-24(26)25-10-6-8-12-27(25)29/h5-12,15,23,29-33,37,47,49H,13-14,16-20H2,1-4H3/t23-,30+,31+,32?,33-,37+,43?/m0/s1. The fourth-order valence-corrected chi connectivity index (χ4v) is 12.1. The van der Waals surface area contributed by atoms with Crippen LogP contribution in [0.2, 0.25) is 0 Å². The normalized spacial score (nSPS) is 30.3. The Kier molecular flexibility index (Phi) is 7.83. The molecular weight excluding hydrogens is 705 g/mol. The predicted molar refractivity (Wildman–Crippen MR) is 202 cm³/mol. The van der Waals surface area contributed by atoms with Gasteiger partial charge in [-0.05, 0) is 60.6 Å². The van der Waals surface area contributed by atoms with E-state index in [4.69, 9.17) is 18.9 Å². The maximum absolute atomic E-state index is 14.2. The molecule has 4 fully saturated rings. The number of esters is 1. The number of fused-ring (bicyclic) bond motifs is 10. The Labute approximate surface area is 318 Å². The van der Waals surface area contributed by atoms with Crippen molar-refractivity contribution in [1.29, 1.82) is 0 Å². The quantitative estimate of drug-likeness (QED) is 0.207. The van der Waals surface area contributed by atoms with Crippen molar-refractivity contribution in [2.45, 2.75) is 87.8 Å². The van der Waals surface area contributed by atoms with Crippen LogP contribution in [0.5, 0.6) is 11.5 Å². The Bertz CT molecular complexity index is 2150. The minimum atomic E-state index is -1.90. The second-order valence-electron chi connectivity index (χ2n) is 15.8. The zero-order chi connectivity index (χ0) is 37.2. The molecule has 0 radical (unpaired) electrons. The number of nitrogens with zero attached hydrogens (tertiary/aromatic N) is 2. The van der Waals surface area contributed by atoms with Gasteiger partial charge in [0.05, 0.1) is 25.6 Å². The number of ketones is 1. The Morgan fingerprint density at radius 1 is 1.00 bits per heavy atom. The van der Waals surface area contributed by atoms with Crippen molar-refractivity contribution in [2.75, 3.05) is 32.0 Å². The Morgan fingerprint density at radius 3 is 2.43 bits per heavy atom. The zero-order valence-corrected chi connectivity index (χ0v) is 31.7. The summed E-state index contributed by atoms with van der Waals surface area (Å²) >= 11 is 1.74. The molecule has 3 aromatic carbocycles. The lowest BCUT2D eigenvalue weighted by Crippen LogP contribution is -2.75. The third kappa shape index (κ3) is 4.58. The van der Waals surface area contributed by atoms with Crippen LogP contribution < -0.4 is 4.74 Å². The van der Waals surface area contributed by atoms with Gasteiger partial charge >= 0.3 is 5.97 Å². The average molecular weight is 749 g/mol. The number of ether oxygens (including phenoxy) is 4. The fraction of sp³-hybridized carbons (Fsp3) is 0.442. The number of piperidine rings is 1. The number of methoxy groups -OCH3 is 1. The van der Waals surface area contributed by atoms with Crippen LogP contribution in [0.4, 0.5) is 0 Å². The van der Waals surface area contributed by atoms with E-state index in [1.54, 1.807) is 25.8 Å². The van der Waals surface area contributed by atoms with Crippen LogP contribution in [-0.4, -0.2) is 93.5 Å². The Balaban J connectivity index is 0.932. The van der Waals surface area contributed by atoms with Crippen molar-refractivity contribution in [3.63, 3.8) is 0 Å². The van der Waals surface area contributed by atoms with E-state index in [-0.39, 0.29) is 74.1 Å². The van der Waals surface area contributed by atoms with Crippen LogP contribution in [0.25, 0.3) is 11.1 Å². The van der Waals surface area contributed by atoms with Crippen molar-refractivity contribution in [1.82, 2.24) is 9.80 Å². The number of phenols is 1. The predicted octanol–water partition coefficient (Wildman–Crippen LogP) is 6.05. The summed E-state index contributed by atoms with van der Waals surface area (Å²) < 4.78 is 23.6. The molecular formula is C43H44N2O8S. The highest BCUT2D eigenvalue weighted by atomic mass is 32.2. The number of carbonyl (C=O) groups is 2. The smallest absolute Gasteiger partial charge is 0.306 e. The van der Waals surface area contributed by atoms with Gasteiger partial charge in [-0.3, -0.25) is 19.4 Å². The molecule has 2 aliphatic carbocycles. The number of aryl methyl sites for hydroxylation is 1. The summed E-state index contributed by atoms with van der Waals surface area (Å²) in [6.45, 7) is 5.66. The number of piperazine rings is 1. The molecule has 7 atom stereocenters. The molecule has 0 amide bonds. The molecule has 0 saturated carbocycles. The maximum atomic E-state index is 14.2. The summed E-state index contributed by atoms with van der Waals surface area (Å²) in [6.07, 6.45) is 1.22. The number of benzene rings is 3. The molecule has 4 saturated heterocycles. The maximum Gasteiger partial charge on any atom is 0.306 e. The molecule has 0 bridgehead atoms. The molecule has 280 valence electrons. The number of Topliss-reactive ketones (excluding diaryl/α,β-unsaturated/α-hetero) is 1. The fourth-order valence-electron chi connectivity index (χ4n) is 11.1. The van der Waals surface area contributed by atoms with E-state index < -0.39 is 17.4 Å². The Hall–Kier alpha value is -4.29. The molecule has 7 aliphatic rings. The summed E-state index contributed by atoms with van der Waals surface area (Å²) in [4.78, 5) is 32.6. The summed E-state index contributed by atoms with van der Waals surface area (Å²) in [5, 5.41) is 24.4. The van der Waals surface area contributed by atoms with Gasteiger partial charge in [0.2, 0.25) is 6.79 Å². The van der Waals surface area contributed by atoms with Crippen LogP contribution >= 0.6 is 11.8 Å². The zero-order valence-electron chi connectivity index (χ0n) is 30.8. The number of hydrogen-bond acceptors (Lipinski definition) is 11. The van der Waals surface area contributed by atoms with Gasteiger partial charge in [0.15, 0.2) is 34.4 Å². The number of aromatic hydroxyl groups is 1. The second kappa shape index (κ2) is 12.4. The van der Waals surface area contributed by atoms with Gasteiger partial charge in [-0.1, -0.05) is 54.6 Å². The van der Waals surface area contributed by atoms with Gasteiger partial charge in [-0.15, -0.1) is 0 Å². The monoisotopic (exact) mass is 748 g/mol. The number of rotatable bonds is 8. The van der Waals surface area contributed by atoms with E-state index in [1.807, 2.05) is 6.92 Å². The Morgan fingerprint density at radius 2 is 1.70 bits per heavy atom. The van der Waals surface area contributed by atoms with E-state index in [0.717, 1.165) is 28.9 Å². The van der Waals surface area contributed by atoms with Crippen LogP contribution in [-0.2, 0) is 23.8 Å². The highest BCUT2D eigenvalue weighted by Crippen LogP contribution is 2.65. The van der Waals surface area contributed by atoms with E-state index in [0.29, 0.717) is 34.2 Å². The van der Waals surface area contributed by atoms with E-state index in [1.165, 1.54) is 22.3 Å². The number of thioether (sulfide) groups is 1. The van der Waals surface area contributed by atoms with Gasteiger partial charge in [-0.2, -0.15) is 11.8 Å². The lowest BCUT2D eigenvalue weighted by atomic mass is 9.66. The van der Waals surface area contributed by atoms with Crippen LogP contribution in [0, 0.1) is 6.92 Å². The lowest BCUT2D eigenvalue weighted by Gasteiger charge is -2.65. The average Bonchev–Trinajstić information content (AvgIpc) is 3.83. The van der Waals surface area contributed by atoms with Gasteiger partial charge in [0.1, 0.15) is 6.61 Å². The minimum absolute atomic E-state index is 0.0103. The van der Waals surface area contributed by atoms with Crippen LogP contribution in [0.3, 0.4) is 0 Å². The van der Waals surface area contributed by atoms with Crippen molar-refractivity contribution in [3.8, 4) is 22.6 Å². The number of phenolic OH excluding ortho intramolecular Hbond substituents is 1. The van der Waals surface area contributed by atoms with Crippen molar-refractivity contribution in [2.24, 2.45) is 0 Å². The van der Waals surface area contributed by atoms with E-state index in [9.17, 15) is 19.8 Å². The van der Waals surface area contributed by atoms with Crippen LogP contribution in [0.15, 0.2) is 77.3 Å². The summed E-state index contributed by atoms with van der Waals surface area (Å²) in [7, 11) is 1.56. The highest BCUT2D eigenvalue weighted by molar-refractivity contribution is 7.99. The van der Waals surface area contributed by atoms with Crippen molar-refractivity contribution in [3.05, 3.63) is 105 Å². The molecule has 2 N–H and O–H groups in total. The first kappa shape index (κ1) is 34.2. The summed E-state index contributed by atoms with van der Waals surface area (Å²) in [5.41, 5.74) is 6.76. The first-order valence-electron chi connectivity index (χ1n) is 19.0. The largest absolute Gasteiger partial charge is 0.504 e. The third-order valence-electron chi connectivity index (χ3n) is 13.3. The third-order valence-corrected chi connectivity index (χ3v) is 14.4. The van der Waals surface area contributed by atoms with Gasteiger partial charge in [0.25, 0.3) is 0 Å². The molecule has 0 aromatic heterocycles. The molecule has 5 heterocycles. The van der Waals surface area contributed by atoms with Gasteiger partial charge < -0.3 is 29.2 Å². The summed E-state index contributed by atoms with van der Waals surface area (Å²) in [6, 6.07) is 18.2. The molecule has 10 nitrogen and oxygen atoms in total. The van der Waals surface area contributed by atoms with Gasteiger partial charge in [0, 0.05) is 64.7 Å². The lowest BCUT2D eigenvalue weighted by molar-refractivity contribution is -0.182. The number of hydrogen-bond donors (Lipinski definition) is 2.